The second kappa shape index (κ2) is 6.58. The van der Waals surface area contributed by atoms with Crippen LogP contribution in [0.15, 0.2) is 24.4 Å². The lowest BCUT2D eigenvalue weighted by atomic mass is 10.1. The molecule has 0 aliphatic rings. The van der Waals surface area contributed by atoms with Crippen molar-refractivity contribution in [2.45, 2.75) is 38.8 Å². The van der Waals surface area contributed by atoms with E-state index in [9.17, 15) is 14.7 Å². The van der Waals surface area contributed by atoms with Crippen LogP contribution in [0.25, 0.3) is 5.65 Å². The van der Waals surface area contributed by atoms with Crippen LogP contribution in [0, 0.1) is 11.3 Å². The number of amides is 1. The van der Waals surface area contributed by atoms with Gasteiger partial charge in [0.2, 0.25) is 0 Å². The predicted octanol–water partition coefficient (Wildman–Crippen LogP) is 1.73. The number of rotatable bonds is 4. The summed E-state index contributed by atoms with van der Waals surface area (Å²) in [6.45, 7) is 5.08. The molecular weight excluding hydrogens is 312 g/mol. The number of alkyl carbamates (subject to hydrolysis) is 1. The van der Waals surface area contributed by atoms with E-state index < -0.39 is 23.7 Å². The monoisotopic (exact) mass is 330 g/mol. The minimum atomic E-state index is -1.18. The number of nitriles is 1. The van der Waals surface area contributed by atoms with E-state index in [4.69, 9.17) is 10.00 Å². The highest BCUT2D eigenvalue weighted by Gasteiger charge is 2.25. The Morgan fingerprint density at radius 1 is 1.46 bits per heavy atom. The molecule has 1 atom stereocenters. The average molecular weight is 330 g/mol. The molecule has 2 N–H and O–H groups in total. The Morgan fingerprint density at radius 2 is 2.17 bits per heavy atom. The topological polar surface area (TPSA) is 117 Å². The van der Waals surface area contributed by atoms with E-state index in [2.05, 4.69) is 10.3 Å². The Labute approximate surface area is 138 Å². The van der Waals surface area contributed by atoms with Crippen molar-refractivity contribution in [3.63, 3.8) is 0 Å². The summed E-state index contributed by atoms with van der Waals surface area (Å²) < 4.78 is 6.72. The number of carbonyl (C=O) groups excluding carboxylic acids is 1. The molecular formula is C16H18N4O4. The van der Waals surface area contributed by atoms with Gasteiger partial charge in [0.15, 0.2) is 5.69 Å². The van der Waals surface area contributed by atoms with Gasteiger partial charge < -0.3 is 19.6 Å². The third kappa shape index (κ3) is 4.23. The predicted molar refractivity (Wildman–Crippen MR) is 84.4 cm³/mol. The van der Waals surface area contributed by atoms with Crippen molar-refractivity contribution in [2.75, 3.05) is 0 Å². The molecule has 0 unspecified atom stereocenters. The molecule has 8 heteroatoms. The van der Waals surface area contributed by atoms with Crippen LogP contribution in [0.3, 0.4) is 0 Å². The molecule has 0 saturated heterocycles. The molecule has 0 aromatic carbocycles. The summed E-state index contributed by atoms with van der Waals surface area (Å²) in [5.41, 5.74) is 0.643. The number of aromatic nitrogens is 2. The number of nitrogens with one attached hydrogen (secondary N) is 1. The van der Waals surface area contributed by atoms with Crippen LogP contribution >= 0.6 is 0 Å². The summed E-state index contributed by atoms with van der Waals surface area (Å²) in [6.07, 6.45) is 0.745. The summed E-state index contributed by atoms with van der Waals surface area (Å²) in [4.78, 5) is 27.4. The second-order valence-electron chi connectivity index (χ2n) is 6.22. The van der Waals surface area contributed by atoms with Crippen molar-refractivity contribution in [2.24, 2.45) is 0 Å². The molecule has 24 heavy (non-hydrogen) atoms. The highest BCUT2D eigenvalue weighted by Crippen LogP contribution is 2.12. The maximum atomic E-state index is 11.8. The van der Waals surface area contributed by atoms with Crippen LogP contribution in [0.4, 0.5) is 4.79 Å². The zero-order chi connectivity index (χ0) is 17.9. The molecule has 2 aromatic rings. The minimum Gasteiger partial charge on any atom is -0.480 e. The van der Waals surface area contributed by atoms with Gasteiger partial charge in [-0.15, -0.1) is 0 Å². The molecule has 2 rings (SSSR count). The number of fused-ring (bicyclic) bond motifs is 1. The fourth-order valence-corrected chi connectivity index (χ4v) is 2.15. The Balaban J connectivity index is 2.22. The van der Waals surface area contributed by atoms with Crippen molar-refractivity contribution in [1.29, 1.82) is 5.26 Å². The zero-order valence-corrected chi connectivity index (χ0v) is 13.6. The first-order valence-corrected chi connectivity index (χ1v) is 7.29. The molecule has 0 bridgehead atoms. The van der Waals surface area contributed by atoms with Gasteiger partial charge in [0.1, 0.15) is 23.4 Å². The van der Waals surface area contributed by atoms with Crippen molar-refractivity contribution in [1.82, 2.24) is 14.7 Å². The molecule has 0 spiro atoms. The Bertz CT molecular complexity index is 814. The maximum absolute atomic E-state index is 11.8. The van der Waals surface area contributed by atoms with Gasteiger partial charge in [-0.1, -0.05) is 6.07 Å². The quantitative estimate of drug-likeness (QED) is 0.881. The average Bonchev–Trinajstić information content (AvgIpc) is 2.88. The van der Waals surface area contributed by atoms with Gasteiger partial charge in [0, 0.05) is 18.3 Å². The molecule has 0 aliphatic heterocycles. The summed E-state index contributed by atoms with van der Waals surface area (Å²) in [7, 11) is 0. The van der Waals surface area contributed by atoms with E-state index in [0.717, 1.165) is 0 Å². The third-order valence-corrected chi connectivity index (χ3v) is 3.09. The lowest BCUT2D eigenvalue weighted by molar-refractivity contribution is -0.139. The van der Waals surface area contributed by atoms with Crippen molar-refractivity contribution in [3.8, 4) is 6.07 Å². The number of ether oxygens (including phenoxy) is 1. The number of aliphatic carboxylic acids is 1. The third-order valence-electron chi connectivity index (χ3n) is 3.09. The second-order valence-corrected chi connectivity index (χ2v) is 6.22. The van der Waals surface area contributed by atoms with Gasteiger partial charge in [-0.2, -0.15) is 5.26 Å². The summed E-state index contributed by atoms with van der Waals surface area (Å²) in [5.74, 6) is -1.18. The maximum Gasteiger partial charge on any atom is 0.408 e. The first-order valence-electron chi connectivity index (χ1n) is 7.29. The molecule has 0 fully saturated rings. The summed E-state index contributed by atoms with van der Waals surface area (Å²) in [5, 5.41) is 20.6. The molecule has 126 valence electrons. The fraction of sp³-hybridized carbons (Fsp3) is 0.375. The van der Waals surface area contributed by atoms with Gasteiger partial charge in [-0.3, -0.25) is 0 Å². The highest BCUT2D eigenvalue weighted by molar-refractivity contribution is 5.80. The normalized spacial score (nSPS) is 12.4. The number of carboxylic acids is 1. The number of carbonyl (C=O) groups is 2. The van der Waals surface area contributed by atoms with Gasteiger partial charge in [-0.25, -0.2) is 14.6 Å². The number of hydrogen-bond donors (Lipinski definition) is 2. The molecule has 1 amide bonds. The zero-order valence-electron chi connectivity index (χ0n) is 13.6. The standard InChI is InChI=1S/C16H18N4O4/c1-16(2,3)24-15(23)19-12(14(21)22)7-11-5-4-6-13-18-10(8-17)9-20(11)13/h4-6,9,12H,7H2,1-3H3,(H,19,23)(H,21,22)/t12-/m0/s1. The lowest BCUT2D eigenvalue weighted by Crippen LogP contribution is -2.44. The van der Waals surface area contributed by atoms with Crippen molar-refractivity contribution in [3.05, 3.63) is 35.8 Å². The molecule has 2 aromatic heterocycles. The van der Waals surface area contributed by atoms with Gasteiger partial charge in [0.05, 0.1) is 0 Å². The summed E-state index contributed by atoms with van der Waals surface area (Å²) >= 11 is 0. The Kier molecular flexibility index (Phi) is 4.74. The van der Waals surface area contributed by atoms with Gasteiger partial charge in [0.25, 0.3) is 0 Å². The summed E-state index contributed by atoms with van der Waals surface area (Å²) in [6, 6.07) is 5.91. The Hall–Kier alpha value is -3.08. The number of hydrogen-bond acceptors (Lipinski definition) is 5. The molecule has 8 nitrogen and oxygen atoms in total. The van der Waals surface area contributed by atoms with E-state index in [1.165, 1.54) is 6.20 Å². The number of pyridine rings is 1. The van der Waals surface area contributed by atoms with Gasteiger partial charge in [-0.05, 0) is 32.9 Å². The van der Waals surface area contributed by atoms with Crippen LogP contribution in [0.2, 0.25) is 0 Å². The fourth-order valence-electron chi connectivity index (χ4n) is 2.15. The van der Waals surface area contributed by atoms with E-state index in [1.54, 1.807) is 43.4 Å². The highest BCUT2D eigenvalue weighted by atomic mass is 16.6. The first kappa shape index (κ1) is 17.3. The first-order chi connectivity index (χ1) is 11.2. The van der Waals surface area contributed by atoms with E-state index >= 15 is 0 Å². The Morgan fingerprint density at radius 3 is 2.75 bits per heavy atom. The van der Waals surface area contributed by atoms with Crippen LogP contribution in [0.5, 0.6) is 0 Å². The van der Waals surface area contributed by atoms with E-state index in [1.807, 2.05) is 6.07 Å². The van der Waals surface area contributed by atoms with Crippen LogP contribution in [0.1, 0.15) is 32.2 Å². The molecule has 0 radical (unpaired) electrons. The lowest BCUT2D eigenvalue weighted by Gasteiger charge is -2.22. The molecule has 0 aliphatic carbocycles. The number of imidazole rings is 1. The van der Waals surface area contributed by atoms with Crippen molar-refractivity contribution < 1.29 is 19.4 Å². The minimum absolute atomic E-state index is 0.0210. The smallest absolute Gasteiger partial charge is 0.408 e. The van der Waals surface area contributed by atoms with E-state index in [-0.39, 0.29) is 12.1 Å². The largest absolute Gasteiger partial charge is 0.480 e. The van der Waals surface area contributed by atoms with Gasteiger partial charge >= 0.3 is 12.1 Å². The van der Waals surface area contributed by atoms with E-state index in [0.29, 0.717) is 11.3 Å². The van der Waals surface area contributed by atoms with Crippen LogP contribution < -0.4 is 5.32 Å². The number of nitrogens with zero attached hydrogens (tertiary/aromatic N) is 3. The SMILES string of the molecule is CC(C)(C)OC(=O)N[C@@H](Cc1cccc2nc(C#N)cn12)C(=O)O. The number of carboxylic acid groups (broad SMARTS) is 1. The molecule has 0 saturated carbocycles. The molecule has 2 heterocycles. The van der Waals surface area contributed by atoms with Crippen molar-refractivity contribution >= 4 is 17.7 Å². The van der Waals surface area contributed by atoms with Crippen LogP contribution in [-0.4, -0.2) is 38.2 Å². The van der Waals surface area contributed by atoms with Crippen LogP contribution in [-0.2, 0) is 16.0 Å².